The molecule has 1 amide bonds. The molecule has 0 fully saturated rings. The third-order valence-electron chi connectivity index (χ3n) is 2.99. The van der Waals surface area contributed by atoms with Gasteiger partial charge in [-0.2, -0.15) is 5.10 Å². The van der Waals surface area contributed by atoms with Crippen LogP contribution in [0.15, 0.2) is 30.3 Å². The molecule has 0 saturated heterocycles. The summed E-state index contributed by atoms with van der Waals surface area (Å²) in [6, 6.07) is 9.09. The second kappa shape index (κ2) is 8.02. The van der Waals surface area contributed by atoms with Gasteiger partial charge in [-0.3, -0.25) is 9.89 Å². The summed E-state index contributed by atoms with van der Waals surface area (Å²) in [7, 11) is 3.62. The number of aromatic amines is 1. The van der Waals surface area contributed by atoms with Crippen LogP contribution in [0.25, 0.3) is 11.3 Å². The van der Waals surface area contributed by atoms with Crippen molar-refractivity contribution in [2.45, 2.75) is 0 Å². The minimum Gasteiger partial charge on any atom is -0.339 e. The van der Waals surface area contributed by atoms with Crippen LogP contribution in [0.2, 0.25) is 5.02 Å². The van der Waals surface area contributed by atoms with Crippen molar-refractivity contribution in [1.29, 1.82) is 0 Å². The van der Waals surface area contributed by atoms with Gasteiger partial charge >= 0.3 is 0 Å². The Morgan fingerprint density at radius 1 is 1.38 bits per heavy atom. The van der Waals surface area contributed by atoms with Gasteiger partial charge < -0.3 is 10.2 Å². The number of aromatic nitrogens is 2. The van der Waals surface area contributed by atoms with Crippen molar-refractivity contribution in [2.75, 3.05) is 27.2 Å². The topological polar surface area (TPSA) is 61.0 Å². The summed E-state index contributed by atoms with van der Waals surface area (Å²) >= 11 is 5.85. The number of halogens is 2. The molecule has 0 aliphatic carbocycles. The zero-order valence-corrected chi connectivity index (χ0v) is 13.5. The number of hydrogen-bond donors (Lipinski definition) is 2. The molecule has 7 heteroatoms. The molecule has 1 heterocycles. The second-order valence-electron chi connectivity index (χ2n) is 4.50. The van der Waals surface area contributed by atoms with Gasteiger partial charge in [0.15, 0.2) is 0 Å². The summed E-state index contributed by atoms with van der Waals surface area (Å²) in [4.78, 5) is 13.8. The largest absolute Gasteiger partial charge is 0.339 e. The minimum atomic E-state index is -0.0760. The van der Waals surface area contributed by atoms with E-state index in [-0.39, 0.29) is 18.3 Å². The van der Waals surface area contributed by atoms with Gasteiger partial charge in [0.25, 0.3) is 5.91 Å². The van der Waals surface area contributed by atoms with E-state index in [0.29, 0.717) is 17.3 Å². The molecule has 0 atom stereocenters. The fourth-order valence-electron chi connectivity index (χ4n) is 1.79. The molecule has 0 unspecified atom stereocenters. The lowest BCUT2D eigenvalue weighted by atomic mass is 10.1. The van der Waals surface area contributed by atoms with Gasteiger partial charge in [-0.15, -0.1) is 12.4 Å². The number of hydrogen-bond acceptors (Lipinski definition) is 3. The lowest BCUT2D eigenvalue weighted by molar-refractivity contribution is 0.0791. The summed E-state index contributed by atoms with van der Waals surface area (Å²) in [5.41, 5.74) is 2.13. The van der Waals surface area contributed by atoms with Crippen molar-refractivity contribution in [3.63, 3.8) is 0 Å². The first-order valence-corrected chi connectivity index (χ1v) is 6.71. The lowest BCUT2D eigenvalue weighted by Crippen LogP contribution is -2.32. The number of benzene rings is 1. The Balaban J connectivity index is 0.00000220. The molecule has 5 nitrogen and oxygen atoms in total. The molecule has 0 aliphatic rings. The zero-order chi connectivity index (χ0) is 14.5. The highest BCUT2D eigenvalue weighted by molar-refractivity contribution is 6.30. The maximum absolute atomic E-state index is 12.2. The van der Waals surface area contributed by atoms with Gasteiger partial charge in [0.05, 0.1) is 5.69 Å². The molecular weight excluding hydrogens is 311 g/mol. The van der Waals surface area contributed by atoms with E-state index in [4.69, 9.17) is 11.6 Å². The van der Waals surface area contributed by atoms with E-state index in [2.05, 4.69) is 15.5 Å². The van der Waals surface area contributed by atoms with E-state index >= 15 is 0 Å². The first-order valence-electron chi connectivity index (χ1n) is 6.33. The Morgan fingerprint density at radius 3 is 2.67 bits per heavy atom. The smallest absolute Gasteiger partial charge is 0.271 e. The van der Waals surface area contributed by atoms with Crippen LogP contribution < -0.4 is 5.32 Å². The van der Waals surface area contributed by atoms with Gasteiger partial charge in [-0.05, 0) is 25.2 Å². The maximum Gasteiger partial charge on any atom is 0.271 e. The molecule has 2 rings (SSSR count). The maximum atomic E-state index is 12.2. The van der Waals surface area contributed by atoms with E-state index in [1.807, 2.05) is 19.2 Å². The van der Waals surface area contributed by atoms with Crippen LogP contribution in [0.5, 0.6) is 0 Å². The number of H-pyrrole nitrogens is 1. The molecule has 0 aliphatic heterocycles. The third-order valence-corrected chi connectivity index (χ3v) is 3.24. The van der Waals surface area contributed by atoms with Crippen molar-refractivity contribution in [3.8, 4) is 11.3 Å². The average molecular weight is 329 g/mol. The van der Waals surface area contributed by atoms with Gasteiger partial charge in [-0.1, -0.05) is 23.7 Å². The standard InChI is InChI=1S/C14H17ClN4O.ClH/c1-16-7-8-19(2)14(20)13-9-12(17-18-13)10-3-5-11(15)6-4-10;/h3-6,9,16H,7-8H2,1-2H3,(H,17,18);1H. The molecule has 2 aromatic rings. The quantitative estimate of drug-likeness (QED) is 0.886. The lowest BCUT2D eigenvalue weighted by Gasteiger charge is -2.15. The summed E-state index contributed by atoms with van der Waals surface area (Å²) in [6.07, 6.45) is 0. The van der Waals surface area contributed by atoms with Crippen LogP contribution in [-0.4, -0.2) is 48.2 Å². The van der Waals surface area contributed by atoms with Crippen molar-refractivity contribution in [2.24, 2.45) is 0 Å². The van der Waals surface area contributed by atoms with Gasteiger partial charge in [0, 0.05) is 30.7 Å². The molecule has 2 N–H and O–H groups in total. The number of rotatable bonds is 5. The van der Waals surface area contributed by atoms with Crippen molar-refractivity contribution in [1.82, 2.24) is 20.4 Å². The van der Waals surface area contributed by atoms with E-state index < -0.39 is 0 Å². The Kier molecular flexibility index (Phi) is 6.68. The molecular formula is C14H18Cl2N4O. The van der Waals surface area contributed by atoms with Crippen LogP contribution >= 0.6 is 24.0 Å². The molecule has 0 radical (unpaired) electrons. The molecule has 21 heavy (non-hydrogen) atoms. The second-order valence-corrected chi connectivity index (χ2v) is 4.94. The fourth-order valence-corrected chi connectivity index (χ4v) is 1.91. The monoisotopic (exact) mass is 328 g/mol. The number of nitrogens with one attached hydrogen (secondary N) is 2. The van der Waals surface area contributed by atoms with E-state index in [1.165, 1.54) is 0 Å². The highest BCUT2D eigenvalue weighted by atomic mass is 35.5. The Hall–Kier alpha value is -1.56. The number of nitrogens with zero attached hydrogens (tertiary/aromatic N) is 2. The van der Waals surface area contributed by atoms with Crippen molar-refractivity contribution < 1.29 is 4.79 Å². The van der Waals surface area contributed by atoms with Crippen LogP contribution in [0.1, 0.15) is 10.5 Å². The summed E-state index contributed by atoms with van der Waals surface area (Å²) < 4.78 is 0. The van der Waals surface area contributed by atoms with Gasteiger partial charge in [0.1, 0.15) is 5.69 Å². The van der Waals surface area contributed by atoms with Crippen LogP contribution in [-0.2, 0) is 0 Å². The molecule has 0 spiro atoms. The first-order chi connectivity index (χ1) is 9.61. The molecule has 0 bridgehead atoms. The number of carbonyl (C=O) groups excluding carboxylic acids is 1. The number of likely N-dealkylation sites (N-methyl/N-ethyl adjacent to an activating group) is 2. The van der Waals surface area contributed by atoms with Crippen molar-refractivity contribution in [3.05, 3.63) is 41.0 Å². The van der Waals surface area contributed by atoms with Gasteiger partial charge in [0.2, 0.25) is 0 Å². The molecule has 0 saturated carbocycles. The van der Waals surface area contributed by atoms with E-state index in [9.17, 15) is 4.79 Å². The van der Waals surface area contributed by atoms with Crippen LogP contribution in [0, 0.1) is 0 Å². The summed E-state index contributed by atoms with van der Waals surface area (Å²) in [5, 5.41) is 10.6. The van der Waals surface area contributed by atoms with E-state index in [1.54, 1.807) is 30.1 Å². The average Bonchev–Trinajstić information content (AvgIpc) is 2.94. The van der Waals surface area contributed by atoms with E-state index in [0.717, 1.165) is 17.8 Å². The van der Waals surface area contributed by atoms with Crippen LogP contribution in [0.3, 0.4) is 0 Å². The fraction of sp³-hybridized carbons (Fsp3) is 0.286. The Morgan fingerprint density at radius 2 is 2.05 bits per heavy atom. The highest BCUT2D eigenvalue weighted by Gasteiger charge is 2.14. The van der Waals surface area contributed by atoms with Gasteiger partial charge in [-0.25, -0.2) is 0 Å². The molecule has 114 valence electrons. The summed E-state index contributed by atoms with van der Waals surface area (Å²) in [5.74, 6) is -0.0760. The number of carbonyl (C=O) groups is 1. The normalized spacial score (nSPS) is 10.0. The number of amides is 1. The highest BCUT2D eigenvalue weighted by Crippen LogP contribution is 2.20. The Labute approximate surface area is 135 Å². The summed E-state index contributed by atoms with van der Waals surface area (Å²) in [6.45, 7) is 1.39. The third kappa shape index (κ3) is 4.46. The predicted molar refractivity (Wildman–Crippen MR) is 87.2 cm³/mol. The van der Waals surface area contributed by atoms with Crippen molar-refractivity contribution >= 4 is 29.9 Å². The molecule has 1 aromatic carbocycles. The van der Waals surface area contributed by atoms with Crippen LogP contribution in [0.4, 0.5) is 0 Å². The molecule has 1 aromatic heterocycles. The predicted octanol–water partition coefficient (Wildman–Crippen LogP) is 2.44. The first kappa shape index (κ1) is 17.5. The zero-order valence-electron chi connectivity index (χ0n) is 11.9. The minimum absolute atomic E-state index is 0. The SMILES string of the molecule is CNCCN(C)C(=O)c1cc(-c2ccc(Cl)cc2)n[nH]1.Cl. The Bertz CT molecular complexity index is 583.